The normalized spacial score (nSPS) is 15.7. The van der Waals surface area contributed by atoms with Crippen LogP contribution < -0.4 is 10.6 Å². The third-order valence-electron chi connectivity index (χ3n) is 4.29. The molecule has 112 valence electrons. The Kier molecular flexibility index (Phi) is 4.36. The topological polar surface area (TPSA) is 45.4 Å². The molecule has 1 fully saturated rings. The van der Waals surface area contributed by atoms with Gasteiger partial charge in [-0.05, 0) is 37.4 Å². The average molecular weight is 284 g/mol. The van der Waals surface area contributed by atoms with Crippen molar-refractivity contribution in [1.82, 2.24) is 9.88 Å². The van der Waals surface area contributed by atoms with E-state index in [0.717, 1.165) is 24.6 Å². The molecule has 4 heteroatoms. The smallest absolute Gasteiger partial charge is 0.136 e. The molecule has 0 unspecified atom stereocenters. The van der Waals surface area contributed by atoms with Crippen LogP contribution in [-0.2, 0) is 6.54 Å². The SMILES string of the molecule is CN(CCN1CCCC1)c1nc(CN)cc2ccccc12. The van der Waals surface area contributed by atoms with Crippen LogP contribution in [0.4, 0.5) is 5.82 Å². The van der Waals surface area contributed by atoms with E-state index in [1.54, 1.807) is 0 Å². The van der Waals surface area contributed by atoms with Crippen molar-refractivity contribution >= 4 is 16.6 Å². The van der Waals surface area contributed by atoms with E-state index < -0.39 is 0 Å². The van der Waals surface area contributed by atoms with Crippen LogP contribution >= 0.6 is 0 Å². The van der Waals surface area contributed by atoms with E-state index in [-0.39, 0.29) is 0 Å². The van der Waals surface area contributed by atoms with E-state index in [9.17, 15) is 0 Å². The molecular weight excluding hydrogens is 260 g/mol. The highest BCUT2D eigenvalue weighted by atomic mass is 15.2. The lowest BCUT2D eigenvalue weighted by Crippen LogP contribution is -2.32. The number of fused-ring (bicyclic) bond motifs is 1. The highest BCUT2D eigenvalue weighted by Crippen LogP contribution is 2.25. The first-order valence-electron chi connectivity index (χ1n) is 7.80. The van der Waals surface area contributed by atoms with E-state index in [0.29, 0.717) is 6.54 Å². The maximum absolute atomic E-state index is 5.79. The molecule has 1 aliphatic heterocycles. The lowest BCUT2D eigenvalue weighted by atomic mass is 10.1. The summed E-state index contributed by atoms with van der Waals surface area (Å²) in [5, 5.41) is 2.43. The molecule has 1 aliphatic rings. The minimum atomic E-state index is 0.484. The number of likely N-dealkylation sites (N-methyl/N-ethyl adjacent to an activating group) is 1. The fraction of sp³-hybridized carbons (Fsp3) is 0.471. The third kappa shape index (κ3) is 3.17. The molecule has 1 aromatic heterocycles. The first-order valence-corrected chi connectivity index (χ1v) is 7.80. The Balaban J connectivity index is 1.83. The highest BCUT2D eigenvalue weighted by molar-refractivity contribution is 5.92. The number of anilines is 1. The van der Waals surface area contributed by atoms with E-state index in [1.165, 1.54) is 36.7 Å². The van der Waals surface area contributed by atoms with Gasteiger partial charge in [-0.2, -0.15) is 0 Å². The predicted molar refractivity (Wildman–Crippen MR) is 88.6 cm³/mol. The monoisotopic (exact) mass is 284 g/mol. The molecule has 2 aromatic rings. The molecule has 0 bridgehead atoms. The van der Waals surface area contributed by atoms with Gasteiger partial charge in [0, 0.05) is 32.1 Å². The van der Waals surface area contributed by atoms with Crippen LogP contribution in [0.2, 0.25) is 0 Å². The summed E-state index contributed by atoms with van der Waals surface area (Å²) in [6.07, 6.45) is 2.68. The molecule has 4 nitrogen and oxygen atoms in total. The number of pyridine rings is 1. The van der Waals surface area contributed by atoms with Crippen molar-refractivity contribution < 1.29 is 0 Å². The van der Waals surface area contributed by atoms with Crippen LogP contribution in [0.25, 0.3) is 10.8 Å². The predicted octanol–water partition coefficient (Wildman–Crippen LogP) is 2.23. The molecule has 0 atom stereocenters. The molecule has 0 spiro atoms. The highest BCUT2D eigenvalue weighted by Gasteiger charge is 2.14. The second-order valence-electron chi connectivity index (χ2n) is 5.83. The van der Waals surface area contributed by atoms with E-state index >= 15 is 0 Å². The Morgan fingerprint density at radius 3 is 2.76 bits per heavy atom. The first-order chi connectivity index (χ1) is 10.3. The quantitative estimate of drug-likeness (QED) is 0.914. The number of benzene rings is 1. The summed E-state index contributed by atoms with van der Waals surface area (Å²) in [6, 6.07) is 10.5. The summed E-state index contributed by atoms with van der Waals surface area (Å²) >= 11 is 0. The minimum absolute atomic E-state index is 0.484. The third-order valence-corrected chi connectivity index (χ3v) is 4.29. The summed E-state index contributed by atoms with van der Waals surface area (Å²) < 4.78 is 0. The maximum atomic E-state index is 5.79. The van der Waals surface area contributed by atoms with Gasteiger partial charge in [0.1, 0.15) is 5.82 Å². The number of aromatic nitrogens is 1. The van der Waals surface area contributed by atoms with Gasteiger partial charge in [0.2, 0.25) is 0 Å². The van der Waals surface area contributed by atoms with Crippen molar-refractivity contribution in [2.45, 2.75) is 19.4 Å². The Morgan fingerprint density at radius 1 is 1.24 bits per heavy atom. The van der Waals surface area contributed by atoms with Gasteiger partial charge < -0.3 is 15.5 Å². The minimum Gasteiger partial charge on any atom is -0.358 e. The zero-order valence-corrected chi connectivity index (χ0v) is 12.8. The Labute approximate surface area is 126 Å². The van der Waals surface area contributed by atoms with Crippen LogP contribution in [0.1, 0.15) is 18.5 Å². The summed E-state index contributed by atoms with van der Waals surface area (Å²) in [5.41, 5.74) is 6.75. The van der Waals surface area contributed by atoms with Crippen LogP contribution in [0, 0.1) is 0 Å². The molecule has 0 radical (unpaired) electrons. The van der Waals surface area contributed by atoms with E-state index in [2.05, 4.69) is 47.2 Å². The number of nitrogens with zero attached hydrogens (tertiary/aromatic N) is 3. The van der Waals surface area contributed by atoms with Crippen molar-refractivity contribution in [3.05, 3.63) is 36.0 Å². The van der Waals surface area contributed by atoms with Gasteiger partial charge >= 0.3 is 0 Å². The number of rotatable bonds is 5. The summed E-state index contributed by atoms with van der Waals surface area (Å²) in [5.74, 6) is 1.05. The zero-order valence-electron chi connectivity index (χ0n) is 12.8. The van der Waals surface area contributed by atoms with E-state index in [1.807, 2.05) is 0 Å². The molecular formula is C17H24N4. The van der Waals surface area contributed by atoms with Gasteiger partial charge in [0.05, 0.1) is 5.69 Å². The summed E-state index contributed by atoms with van der Waals surface area (Å²) in [4.78, 5) is 9.54. The Morgan fingerprint density at radius 2 is 2.00 bits per heavy atom. The summed E-state index contributed by atoms with van der Waals surface area (Å²) in [6.45, 7) is 5.08. The van der Waals surface area contributed by atoms with Gasteiger partial charge in [-0.3, -0.25) is 0 Å². The van der Waals surface area contributed by atoms with Crippen molar-refractivity contribution in [3.8, 4) is 0 Å². The van der Waals surface area contributed by atoms with Crippen molar-refractivity contribution in [1.29, 1.82) is 0 Å². The van der Waals surface area contributed by atoms with Crippen LogP contribution in [0.5, 0.6) is 0 Å². The number of hydrogen-bond donors (Lipinski definition) is 1. The fourth-order valence-electron chi connectivity index (χ4n) is 3.03. The van der Waals surface area contributed by atoms with Crippen LogP contribution in [-0.4, -0.2) is 43.1 Å². The van der Waals surface area contributed by atoms with Crippen LogP contribution in [0.3, 0.4) is 0 Å². The molecule has 0 saturated carbocycles. The number of nitrogens with two attached hydrogens (primary N) is 1. The van der Waals surface area contributed by atoms with Gasteiger partial charge in [-0.1, -0.05) is 24.3 Å². The molecule has 2 heterocycles. The van der Waals surface area contributed by atoms with Crippen molar-refractivity contribution in [3.63, 3.8) is 0 Å². The lowest BCUT2D eigenvalue weighted by molar-refractivity contribution is 0.346. The molecule has 0 aliphatic carbocycles. The standard InChI is InChI=1S/C17H24N4/c1-20(10-11-21-8-4-5-9-21)17-16-7-3-2-6-14(16)12-15(13-18)19-17/h2-3,6-7,12H,4-5,8-11,13,18H2,1H3. The van der Waals surface area contributed by atoms with Gasteiger partial charge in [0.25, 0.3) is 0 Å². The van der Waals surface area contributed by atoms with Gasteiger partial charge in [-0.15, -0.1) is 0 Å². The molecule has 1 saturated heterocycles. The first kappa shape index (κ1) is 14.3. The fourth-order valence-corrected chi connectivity index (χ4v) is 3.03. The average Bonchev–Trinajstić information content (AvgIpc) is 3.05. The second-order valence-corrected chi connectivity index (χ2v) is 5.83. The maximum Gasteiger partial charge on any atom is 0.136 e. The largest absolute Gasteiger partial charge is 0.358 e. The Bertz CT molecular complexity index is 605. The van der Waals surface area contributed by atoms with Gasteiger partial charge in [0.15, 0.2) is 0 Å². The zero-order chi connectivity index (χ0) is 14.7. The molecule has 2 N–H and O–H groups in total. The number of hydrogen-bond acceptors (Lipinski definition) is 4. The van der Waals surface area contributed by atoms with Crippen molar-refractivity contribution in [2.75, 3.05) is 38.1 Å². The molecule has 0 amide bonds. The number of likely N-dealkylation sites (tertiary alicyclic amines) is 1. The van der Waals surface area contributed by atoms with Gasteiger partial charge in [-0.25, -0.2) is 4.98 Å². The summed E-state index contributed by atoms with van der Waals surface area (Å²) in [7, 11) is 2.13. The molecule has 21 heavy (non-hydrogen) atoms. The lowest BCUT2D eigenvalue weighted by Gasteiger charge is -2.24. The second kappa shape index (κ2) is 6.41. The van der Waals surface area contributed by atoms with Crippen molar-refractivity contribution in [2.24, 2.45) is 5.73 Å². The van der Waals surface area contributed by atoms with E-state index in [4.69, 9.17) is 10.7 Å². The molecule has 1 aromatic carbocycles. The van der Waals surface area contributed by atoms with Crippen LogP contribution in [0.15, 0.2) is 30.3 Å². The Hall–Kier alpha value is -1.65. The molecule has 3 rings (SSSR count).